The van der Waals surface area contributed by atoms with Gasteiger partial charge in [0.1, 0.15) is 10.4 Å². The van der Waals surface area contributed by atoms with Crippen LogP contribution in [0.1, 0.15) is 11.7 Å². The van der Waals surface area contributed by atoms with Gasteiger partial charge in [0.2, 0.25) is 0 Å². The monoisotopic (exact) mass is 468 g/mol. The molecule has 0 aliphatic carbocycles. The van der Waals surface area contributed by atoms with E-state index in [9.17, 15) is 28.0 Å². The standard InChI is InChI=1S/C23H18N2O6S.H2O/c26-21(16-10-8-15(9-11-16)14-5-2-1-3-6-14)23(28)25-18-13-19(32(29,30)31)17-7-4-12-24-20(17)22(18)27;/h1-13,21,26-27H,(H,25,28)(H,29,30,31);1H2. The van der Waals surface area contributed by atoms with Crippen LogP contribution in [0.2, 0.25) is 0 Å². The van der Waals surface area contributed by atoms with Crippen molar-refractivity contribution in [2.24, 2.45) is 0 Å². The van der Waals surface area contributed by atoms with Gasteiger partial charge in [-0.15, -0.1) is 0 Å². The van der Waals surface area contributed by atoms with Gasteiger partial charge in [0, 0.05) is 11.6 Å². The molecule has 1 unspecified atom stereocenters. The Labute approximate surface area is 189 Å². The predicted octanol–water partition coefficient (Wildman–Crippen LogP) is 2.70. The summed E-state index contributed by atoms with van der Waals surface area (Å²) in [7, 11) is -4.67. The molecule has 9 nitrogen and oxygen atoms in total. The van der Waals surface area contributed by atoms with Crippen molar-refractivity contribution < 1.29 is 33.5 Å². The zero-order valence-corrected chi connectivity index (χ0v) is 17.8. The maximum absolute atomic E-state index is 12.6. The third kappa shape index (κ3) is 4.83. The molecule has 1 atom stereocenters. The second-order valence-corrected chi connectivity index (χ2v) is 8.42. The van der Waals surface area contributed by atoms with Crippen LogP contribution < -0.4 is 5.32 Å². The molecular formula is C23H20N2O7S. The van der Waals surface area contributed by atoms with Crippen LogP contribution in [0.25, 0.3) is 22.0 Å². The van der Waals surface area contributed by atoms with Gasteiger partial charge in [-0.1, -0.05) is 54.6 Å². The molecule has 0 saturated heterocycles. The average Bonchev–Trinajstić information content (AvgIpc) is 2.80. The van der Waals surface area contributed by atoms with E-state index in [1.54, 1.807) is 24.3 Å². The summed E-state index contributed by atoms with van der Waals surface area (Å²) in [5, 5.41) is 23.2. The molecule has 4 rings (SSSR count). The first-order valence-electron chi connectivity index (χ1n) is 9.48. The van der Waals surface area contributed by atoms with Crippen LogP contribution in [-0.4, -0.2) is 39.6 Å². The largest absolute Gasteiger partial charge is 0.504 e. The molecule has 0 spiro atoms. The lowest BCUT2D eigenvalue weighted by Gasteiger charge is -2.15. The Morgan fingerprint density at radius 3 is 2.21 bits per heavy atom. The normalized spacial score (nSPS) is 12.1. The number of nitrogens with zero attached hydrogens (tertiary/aromatic N) is 1. The molecule has 1 amide bonds. The summed E-state index contributed by atoms with van der Waals surface area (Å²) in [6.45, 7) is 0. The summed E-state index contributed by atoms with van der Waals surface area (Å²) in [5.41, 5.74) is 1.74. The summed E-state index contributed by atoms with van der Waals surface area (Å²) >= 11 is 0. The third-order valence-corrected chi connectivity index (χ3v) is 5.84. The van der Waals surface area contributed by atoms with Crippen molar-refractivity contribution in [3.05, 3.63) is 84.6 Å². The SMILES string of the molecule is O.O=C(Nc1cc(S(=O)(=O)O)c2cccnc2c1O)C(O)c1ccc(-c2ccccc2)cc1. The van der Waals surface area contributed by atoms with Crippen LogP contribution in [0.4, 0.5) is 5.69 Å². The van der Waals surface area contributed by atoms with E-state index in [-0.39, 0.29) is 22.1 Å². The Hall–Kier alpha value is -3.83. The number of aromatic hydroxyl groups is 1. The minimum Gasteiger partial charge on any atom is -0.504 e. The zero-order chi connectivity index (χ0) is 22.9. The molecule has 1 aromatic heterocycles. The van der Waals surface area contributed by atoms with E-state index in [0.717, 1.165) is 17.2 Å². The van der Waals surface area contributed by atoms with Gasteiger partial charge in [-0.3, -0.25) is 14.3 Å². The van der Waals surface area contributed by atoms with E-state index in [0.29, 0.717) is 5.56 Å². The van der Waals surface area contributed by atoms with Crippen molar-refractivity contribution >= 4 is 32.6 Å². The Bertz CT molecular complexity index is 1410. The van der Waals surface area contributed by atoms with E-state index in [4.69, 9.17) is 0 Å². The Balaban J connectivity index is 0.00000306. The number of phenolic OH excluding ortho intramolecular Hbond substituents is 1. The predicted molar refractivity (Wildman–Crippen MR) is 122 cm³/mol. The van der Waals surface area contributed by atoms with Gasteiger partial charge in [0.05, 0.1) is 5.69 Å². The Morgan fingerprint density at radius 2 is 1.58 bits per heavy atom. The number of carbonyl (C=O) groups excluding carboxylic acids is 1. The van der Waals surface area contributed by atoms with Crippen LogP contribution in [-0.2, 0) is 14.9 Å². The number of aliphatic hydroxyl groups is 1. The summed E-state index contributed by atoms with van der Waals surface area (Å²) < 4.78 is 33.1. The van der Waals surface area contributed by atoms with Crippen molar-refractivity contribution in [3.63, 3.8) is 0 Å². The highest BCUT2D eigenvalue weighted by molar-refractivity contribution is 7.86. The van der Waals surface area contributed by atoms with Gasteiger partial charge in [-0.2, -0.15) is 8.42 Å². The number of rotatable bonds is 5. The first-order chi connectivity index (χ1) is 15.3. The average molecular weight is 468 g/mol. The molecular weight excluding hydrogens is 448 g/mol. The Morgan fingerprint density at radius 1 is 0.939 bits per heavy atom. The topological polar surface area (TPSA) is 168 Å². The lowest BCUT2D eigenvalue weighted by molar-refractivity contribution is -0.124. The number of aromatic nitrogens is 1. The van der Waals surface area contributed by atoms with Crippen LogP contribution in [0.5, 0.6) is 5.75 Å². The molecule has 33 heavy (non-hydrogen) atoms. The lowest BCUT2D eigenvalue weighted by atomic mass is 10.0. The second kappa shape index (κ2) is 9.35. The summed E-state index contributed by atoms with van der Waals surface area (Å²) in [6.07, 6.45) is -0.266. The number of nitrogens with one attached hydrogen (secondary N) is 1. The summed E-state index contributed by atoms with van der Waals surface area (Å²) in [6, 6.07) is 20.0. The van der Waals surface area contributed by atoms with Gasteiger partial charge in [0.15, 0.2) is 11.9 Å². The van der Waals surface area contributed by atoms with Crippen molar-refractivity contribution in [1.29, 1.82) is 0 Å². The van der Waals surface area contributed by atoms with E-state index < -0.39 is 32.8 Å². The first-order valence-corrected chi connectivity index (χ1v) is 10.9. The number of aliphatic hydroxyl groups excluding tert-OH is 1. The number of fused-ring (bicyclic) bond motifs is 1. The number of carbonyl (C=O) groups is 1. The number of benzene rings is 3. The molecule has 0 aliphatic rings. The van der Waals surface area contributed by atoms with Crippen LogP contribution >= 0.6 is 0 Å². The van der Waals surface area contributed by atoms with Crippen LogP contribution in [0, 0.1) is 0 Å². The van der Waals surface area contributed by atoms with Gasteiger partial charge < -0.3 is 21.0 Å². The fraction of sp³-hybridized carbons (Fsp3) is 0.0435. The van der Waals surface area contributed by atoms with E-state index in [1.165, 1.54) is 18.3 Å². The molecule has 0 bridgehead atoms. The van der Waals surface area contributed by atoms with E-state index >= 15 is 0 Å². The molecule has 10 heteroatoms. The van der Waals surface area contributed by atoms with Crippen molar-refractivity contribution in [3.8, 4) is 16.9 Å². The minimum absolute atomic E-state index is 0. The first kappa shape index (κ1) is 23.8. The highest BCUT2D eigenvalue weighted by Crippen LogP contribution is 2.36. The molecule has 0 aliphatic heterocycles. The van der Waals surface area contributed by atoms with Gasteiger partial charge in [0.25, 0.3) is 16.0 Å². The maximum Gasteiger partial charge on any atom is 0.295 e. The van der Waals surface area contributed by atoms with Gasteiger partial charge >= 0.3 is 0 Å². The van der Waals surface area contributed by atoms with E-state index in [2.05, 4.69) is 10.3 Å². The highest BCUT2D eigenvalue weighted by Gasteiger charge is 2.24. The fourth-order valence-electron chi connectivity index (χ4n) is 3.35. The molecule has 3 aromatic carbocycles. The van der Waals surface area contributed by atoms with Crippen molar-refractivity contribution in [1.82, 2.24) is 4.98 Å². The number of hydrogen-bond acceptors (Lipinski definition) is 6. The number of phenols is 1. The van der Waals surface area contributed by atoms with Gasteiger partial charge in [-0.25, -0.2) is 0 Å². The molecule has 170 valence electrons. The maximum atomic E-state index is 12.6. The molecule has 0 fully saturated rings. The van der Waals surface area contributed by atoms with Crippen LogP contribution in [0.15, 0.2) is 83.9 Å². The number of pyridine rings is 1. The lowest BCUT2D eigenvalue weighted by Crippen LogP contribution is -2.21. The fourth-order valence-corrected chi connectivity index (χ4v) is 4.06. The van der Waals surface area contributed by atoms with Crippen LogP contribution in [0.3, 0.4) is 0 Å². The third-order valence-electron chi connectivity index (χ3n) is 4.95. The highest BCUT2D eigenvalue weighted by atomic mass is 32.2. The quantitative estimate of drug-likeness (QED) is 0.258. The molecule has 6 N–H and O–H groups in total. The smallest absolute Gasteiger partial charge is 0.295 e. The van der Waals surface area contributed by atoms with Gasteiger partial charge in [-0.05, 0) is 34.9 Å². The molecule has 4 aromatic rings. The number of hydrogen-bond donors (Lipinski definition) is 4. The zero-order valence-electron chi connectivity index (χ0n) is 17.0. The number of anilines is 1. The summed E-state index contributed by atoms with van der Waals surface area (Å²) in [5.74, 6) is -1.39. The molecule has 0 saturated carbocycles. The van der Waals surface area contributed by atoms with Crippen molar-refractivity contribution in [2.45, 2.75) is 11.0 Å². The molecule has 1 heterocycles. The van der Waals surface area contributed by atoms with E-state index in [1.807, 2.05) is 30.3 Å². The summed E-state index contributed by atoms with van der Waals surface area (Å²) in [4.78, 5) is 16.0. The number of amides is 1. The molecule has 0 radical (unpaired) electrons. The Kier molecular flexibility index (Phi) is 6.75. The van der Waals surface area contributed by atoms with Crippen molar-refractivity contribution in [2.75, 3.05) is 5.32 Å². The minimum atomic E-state index is -4.67. The second-order valence-electron chi connectivity index (χ2n) is 7.03.